The van der Waals surface area contributed by atoms with Gasteiger partial charge in [-0.05, 0) is 26.0 Å². The highest BCUT2D eigenvalue weighted by Crippen LogP contribution is 2.35. The minimum atomic E-state index is -0.0112. The normalized spacial score (nSPS) is 26.3. The number of ketones is 1. The van der Waals surface area contributed by atoms with Gasteiger partial charge >= 0.3 is 0 Å². The number of carbonyl (C=O) groups excluding carboxylic acids is 1. The molecule has 2 rings (SSSR count). The number of Topliss-reactive ketones (excluding diaryl/α,β-unsaturated/α-hetero) is 1. The van der Waals surface area contributed by atoms with Gasteiger partial charge in [0.15, 0.2) is 5.78 Å². The average Bonchev–Trinajstić information content (AvgIpc) is 2.42. The molecule has 1 heterocycles. The summed E-state index contributed by atoms with van der Waals surface area (Å²) in [4.78, 5) is 14.3. The Bertz CT molecular complexity index is 413. The van der Waals surface area contributed by atoms with E-state index in [-0.39, 0.29) is 11.3 Å². The quantitative estimate of drug-likeness (QED) is 0.721. The second-order valence-corrected chi connectivity index (χ2v) is 4.77. The van der Waals surface area contributed by atoms with Crippen molar-refractivity contribution in [2.75, 3.05) is 13.6 Å². The second kappa shape index (κ2) is 4.02. The van der Waals surface area contributed by atoms with Gasteiger partial charge in [-0.3, -0.25) is 9.69 Å². The Morgan fingerprint density at radius 2 is 2.06 bits per heavy atom. The van der Waals surface area contributed by atoms with E-state index in [0.717, 1.165) is 18.5 Å². The maximum Gasteiger partial charge on any atom is 0.164 e. The summed E-state index contributed by atoms with van der Waals surface area (Å²) in [5, 5.41) is 0. The molecule has 1 atom stereocenters. The van der Waals surface area contributed by atoms with Crippen LogP contribution in [0.15, 0.2) is 24.3 Å². The first kappa shape index (κ1) is 11.3. The Morgan fingerprint density at radius 1 is 1.38 bits per heavy atom. The highest BCUT2D eigenvalue weighted by molar-refractivity contribution is 5.98. The van der Waals surface area contributed by atoms with Crippen molar-refractivity contribution in [1.29, 1.82) is 0 Å². The largest absolute Gasteiger partial charge is 0.296 e. The topological polar surface area (TPSA) is 20.3 Å². The van der Waals surface area contributed by atoms with Crippen molar-refractivity contribution in [3.8, 4) is 0 Å². The molecule has 1 unspecified atom stereocenters. The van der Waals surface area contributed by atoms with Crippen LogP contribution in [-0.2, 0) is 5.54 Å². The zero-order valence-corrected chi connectivity index (χ0v) is 10.3. The zero-order valence-electron chi connectivity index (χ0n) is 10.3. The molecule has 0 N–H and O–H groups in total. The Balaban J connectivity index is 2.62. The van der Waals surface area contributed by atoms with Gasteiger partial charge in [-0.2, -0.15) is 0 Å². The van der Waals surface area contributed by atoms with Crippen molar-refractivity contribution >= 4 is 5.78 Å². The van der Waals surface area contributed by atoms with E-state index in [9.17, 15) is 4.79 Å². The van der Waals surface area contributed by atoms with Crippen LogP contribution >= 0.6 is 0 Å². The highest BCUT2D eigenvalue weighted by Gasteiger charge is 2.35. The predicted molar refractivity (Wildman–Crippen MR) is 65.7 cm³/mol. The maximum atomic E-state index is 12.0. The lowest BCUT2D eigenvalue weighted by molar-refractivity contribution is 0.0955. The molecule has 2 nitrogen and oxygen atoms in total. The van der Waals surface area contributed by atoms with Crippen LogP contribution in [0.5, 0.6) is 0 Å². The van der Waals surface area contributed by atoms with Crippen LogP contribution in [0.4, 0.5) is 0 Å². The SMILES string of the molecule is CCC1(C)c2ccccc2C(=O)CCN1C. The Morgan fingerprint density at radius 3 is 2.75 bits per heavy atom. The first-order chi connectivity index (χ1) is 7.59. The van der Waals surface area contributed by atoms with E-state index in [2.05, 4.69) is 31.9 Å². The number of fused-ring (bicyclic) bond motifs is 1. The summed E-state index contributed by atoms with van der Waals surface area (Å²) in [7, 11) is 2.11. The lowest BCUT2D eigenvalue weighted by Crippen LogP contribution is -2.40. The van der Waals surface area contributed by atoms with E-state index in [1.54, 1.807) is 0 Å². The number of rotatable bonds is 1. The summed E-state index contributed by atoms with van der Waals surface area (Å²) in [6.07, 6.45) is 1.65. The summed E-state index contributed by atoms with van der Waals surface area (Å²) < 4.78 is 0. The Hall–Kier alpha value is -1.15. The van der Waals surface area contributed by atoms with E-state index >= 15 is 0 Å². The maximum absolute atomic E-state index is 12.0. The van der Waals surface area contributed by atoms with Gasteiger partial charge in [0.1, 0.15) is 0 Å². The van der Waals surface area contributed by atoms with E-state index in [0.29, 0.717) is 6.42 Å². The summed E-state index contributed by atoms with van der Waals surface area (Å²) in [5.74, 6) is 0.277. The highest BCUT2D eigenvalue weighted by atomic mass is 16.1. The van der Waals surface area contributed by atoms with Crippen LogP contribution in [0.3, 0.4) is 0 Å². The average molecular weight is 217 g/mol. The third-order valence-electron chi connectivity index (χ3n) is 4.01. The molecule has 1 aliphatic heterocycles. The van der Waals surface area contributed by atoms with Crippen LogP contribution in [0.1, 0.15) is 42.6 Å². The first-order valence-electron chi connectivity index (χ1n) is 5.93. The predicted octanol–water partition coefficient (Wildman–Crippen LogP) is 2.83. The van der Waals surface area contributed by atoms with E-state index in [4.69, 9.17) is 0 Å². The number of carbonyl (C=O) groups is 1. The smallest absolute Gasteiger partial charge is 0.164 e. The Kier molecular flexibility index (Phi) is 2.85. The number of benzene rings is 1. The molecular formula is C14H19NO. The number of hydrogen-bond acceptors (Lipinski definition) is 2. The molecule has 1 aromatic rings. The fourth-order valence-corrected chi connectivity index (χ4v) is 2.51. The minimum Gasteiger partial charge on any atom is -0.296 e. The summed E-state index contributed by atoms with van der Waals surface area (Å²) >= 11 is 0. The zero-order chi connectivity index (χ0) is 11.8. The first-order valence-corrected chi connectivity index (χ1v) is 5.93. The summed E-state index contributed by atoms with van der Waals surface area (Å²) in [6.45, 7) is 5.26. The monoisotopic (exact) mass is 217 g/mol. The fourth-order valence-electron chi connectivity index (χ4n) is 2.51. The van der Waals surface area contributed by atoms with Crippen LogP contribution in [-0.4, -0.2) is 24.3 Å². The van der Waals surface area contributed by atoms with Gasteiger partial charge < -0.3 is 0 Å². The molecule has 86 valence electrons. The van der Waals surface area contributed by atoms with Gasteiger partial charge in [-0.25, -0.2) is 0 Å². The molecule has 0 aromatic heterocycles. The standard InChI is InChI=1S/C14H19NO/c1-4-14(2)12-8-6-5-7-11(12)13(16)9-10-15(14)3/h5-8H,4,9-10H2,1-3H3. The molecule has 0 saturated heterocycles. The third-order valence-corrected chi connectivity index (χ3v) is 4.01. The molecule has 0 radical (unpaired) electrons. The molecule has 0 bridgehead atoms. The lowest BCUT2D eigenvalue weighted by atomic mass is 9.85. The van der Waals surface area contributed by atoms with Crippen molar-refractivity contribution in [2.24, 2.45) is 0 Å². The minimum absolute atomic E-state index is 0.0112. The summed E-state index contributed by atoms with van der Waals surface area (Å²) in [5.41, 5.74) is 2.08. The van der Waals surface area contributed by atoms with Crippen molar-refractivity contribution in [3.05, 3.63) is 35.4 Å². The van der Waals surface area contributed by atoms with Crippen LogP contribution in [0, 0.1) is 0 Å². The van der Waals surface area contributed by atoms with Crippen LogP contribution in [0.2, 0.25) is 0 Å². The van der Waals surface area contributed by atoms with Gasteiger partial charge in [-0.15, -0.1) is 0 Å². The lowest BCUT2D eigenvalue weighted by Gasteiger charge is -2.37. The van der Waals surface area contributed by atoms with Crippen LogP contribution in [0.25, 0.3) is 0 Å². The summed E-state index contributed by atoms with van der Waals surface area (Å²) in [6, 6.07) is 8.04. The van der Waals surface area contributed by atoms with Gasteiger partial charge in [0.05, 0.1) is 0 Å². The van der Waals surface area contributed by atoms with E-state index < -0.39 is 0 Å². The molecule has 0 fully saturated rings. The van der Waals surface area contributed by atoms with E-state index in [1.165, 1.54) is 5.56 Å². The van der Waals surface area contributed by atoms with Gasteiger partial charge in [0.25, 0.3) is 0 Å². The van der Waals surface area contributed by atoms with Crippen molar-refractivity contribution in [3.63, 3.8) is 0 Å². The molecule has 2 heteroatoms. The molecule has 1 aliphatic rings. The van der Waals surface area contributed by atoms with Gasteiger partial charge in [-0.1, -0.05) is 31.2 Å². The van der Waals surface area contributed by atoms with E-state index in [1.807, 2.05) is 18.2 Å². The number of nitrogens with zero attached hydrogens (tertiary/aromatic N) is 1. The molecule has 0 amide bonds. The van der Waals surface area contributed by atoms with Gasteiger partial charge in [0.2, 0.25) is 0 Å². The van der Waals surface area contributed by atoms with Crippen molar-refractivity contribution < 1.29 is 4.79 Å². The van der Waals surface area contributed by atoms with Crippen molar-refractivity contribution in [1.82, 2.24) is 4.90 Å². The number of hydrogen-bond donors (Lipinski definition) is 0. The molecule has 0 saturated carbocycles. The Labute approximate surface area is 97.3 Å². The third kappa shape index (κ3) is 1.57. The van der Waals surface area contributed by atoms with Gasteiger partial charge in [0, 0.05) is 24.1 Å². The van der Waals surface area contributed by atoms with Crippen molar-refractivity contribution in [2.45, 2.75) is 32.2 Å². The second-order valence-electron chi connectivity index (χ2n) is 4.77. The molecule has 0 spiro atoms. The molecular weight excluding hydrogens is 198 g/mol. The van der Waals surface area contributed by atoms with Crippen LogP contribution < -0.4 is 0 Å². The fraction of sp³-hybridized carbons (Fsp3) is 0.500. The molecule has 16 heavy (non-hydrogen) atoms. The molecule has 1 aromatic carbocycles. The molecule has 0 aliphatic carbocycles.